The van der Waals surface area contributed by atoms with Crippen molar-refractivity contribution in [2.24, 2.45) is 25.9 Å². The highest BCUT2D eigenvalue weighted by molar-refractivity contribution is 6.33. The van der Waals surface area contributed by atoms with E-state index in [0.717, 1.165) is 59.6 Å². The van der Waals surface area contributed by atoms with Gasteiger partial charge >= 0.3 is 11.4 Å². The van der Waals surface area contributed by atoms with Crippen LogP contribution in [0.4, 0.5) is 34.9 Å². The first-order valence-electron chi connectivity index (χ1n) is 24.4. The molecule has 376 valence electrons. The fourth-order valence-corrected chi connectivity index (χ4v) is 9.68. The molecular weight excluding hydrogens is 936 g/mol. The molecule has 0 bridgehead atoms. The standard InChI is InChI=1S/2C25H33ClN6O3/c2*1-15-13-31(14-21(35-15)16-5-6-16)23-27-12-18(26)22(29-23)28-17-7-8-19-20(11-17)32(24(33)30(19)4)10-9-25(2,3)34/h2*7-8,11-12,15-16,21,34H,5-6,9-10,13-14H2,1-4H3,(H,27,28,29)/t15-,21+;15-,21-/m11/s1. The molecule has 0 radical (unpaired) electrons. The minimum Gasteiger partial charge on any atom is -0.390 e. The van der Waals surface area contributed by atoms with Crippen molar-refractivity contribution in [3.05, 3.63) is 79.8 Å². The third-order valence-corrected chi connectivity index (χ3v) is 14.2. The van der Waals surface area contributed by atoms with E-state index in [1.807, 2.05) is 36.4 Å². The lowest BCUT2D eigenvalue weighted by Gasteiger charge is -2.37. The number of imidazole rings is 2. The molecule has 2 saturated carbocycles. The van der Waals surface area contributed by atoms with E-state index in [0.29, 0.717) is 71.3 Å². The lowest BCUT2D eigenvalue weighted by Crippen LogP contribution is -2.48. The predicted octanol–water partition coefficient (Wildman–Crippen LogP) is 7.38. The number of nitrogens with one attached hydrogen (secondary N) is 2. The average Bonchev–Trinajstić information content (AvgIpc) is 4.25. The molecule has 18 nitrogen and oxygen atoms in total. The Morgan fingerprint density at radius 2 is 1.01 bits per heavy atom. The molecule has 2 aliphatic carbocycles. The maximum Gasteiger partial charge on any atom is 0.328 e. The number of fused-ring (bicyclic) bond motifs is 2. The minimum absolute atomic E-state index is 0.115. The Labute approximate surface area is 417 Å². The van der Waals surface area contributed by atoms with E-state index in [1.54, 1.807) is 72.5 Å². The van der Waals surface area contributed by atoms with Crippen molar-refractivity contribution in [1.29, 1.82) is 0 Å². The molecule has 0 amide bonds. The fourth-order valence-electron chi connectivity index (χ4n) is 9.40. The SMILES string of the molecule is C[C@@H]1CN(c2ncc(Cl)c(Nc3ccc4c(c3)n(CCC(C)(C)O)c(=O)n4C)n2)C[C@@H](C2CC2)O1.C[C@@H]1CN(c2ncc(Cl)c(Nc3ccc4c(c3)n(CCC(C)(C)O)c(=O)n4C)n2)C[C@H](C2CC2)O1. The maximum atomic E-state index is 12.8. The average molecular weight is 1000 g/mol. The van der Waals surface area contributed by atoms with E-state index in [-0.39, 0.29) is 35.8 Å². The summed E-state index contributed by atoms with van der Waals surface area (Å²) < 4.78 is 18.9. The smallest absolute Gasteiger partial charge is 0.328 e. The van der Waals surface area contributed by atoms with Gasteiger partial charge in [-0.1, -0.05) is 23.2 Å². The van der Waals surface area contributed by atoms with E-state index in [4.69, 9.17) is 42.6 Å². The number of aryl methyl sites for hydroxylation is 4. The highest BCUT2D eigenvalue weighted by Gasteiger charge is 2.39. The quantitative estimate of drug-likeness (QED) is 0.0844. The Morgan fingerprint density at radius 1 is 0.629 bits per heavy atom. The molecule has 10 rings (SSSR count). The molecule has 4 N–H and O–H groups in total. The predicted molar refractivity (Wildman–Crippen MR) is 275 cm³/mol. The number of hydrogen-bond donors (Lipinski definition) is 4. The van der Waals surface area contributed by atoms with Crippen LogP contribution in [0.1, 0.15) is 80.1 Å². The Morgan fingerprint density at radius 3 is 1.37 bits per heavy atom. The summed E-state index contributed by atoms with van der Waals surface area (Å²) in [6, 6.07) is 11.4. The van der Waals surface area contributed by atoms with Crippen molar-refractivity contribution in [3.63, 3.8) is 0 Å². The summed E-state index contributed by atoms with van der Waals surface area (Å²) in [6.07, 6.45) is 9.74. The summed E-state index contributed by atoms with van der Waals surface area (Å²) in [5.41, 5.74) is 2.77. The van der Waals surface area contributed by atoms with Gasteiger partial charge in [-0.15, -0.1) is 0 Å². The summed E-state index contributed by atoms with van der Waals surface area (Å²) in [6.45, 7) is 15.0. The van der Waals surface area contributed by atoms with Gasteiger partial charge in [-0.25, -0.2) is 19.6 Å². The molecule has 6 heterocycles. The molecule has 70 heavy (non-hydrogen) atoms. The zero-order valence-electron chi connectivity index (χ0n) is 41.3. The van der Waals surface area contributed by atoms with Crippen LogP contribution in [0.25, 0.3) is 22.1 Å². The topological polar surface area (TPSA) is 195 Å². The Kier molecular flexibility index (Phi) is 14.0. The lowest BCUT2D eigenvalue weighted by molar-refractivity contribution is -0.0277. The van der Waals surface area contributed by atoms with Gasteiger partial charge in [-0.05, 0) is 128 Å². The number of aromatic nitrogens is 8. The Bertz CT molecular complexity index is 2790. The van der Waals surface area contributed by atoms with Gasteiger partial charge in [-0.2, -0.15) is 9.97 Å². The number of ether oxygens (including phenoxy) is 2. The monoisotopic (exact) mass is 1000 g/mol. The van der Waals surface area contributed by atoms with Crippen molar-refractivity contribution in [2.75, 3.05) is 46.6 Å². The number of halogens is 2. The summed E-state index contributed by atoms with van der Waals surface area (Å²) in [7, 11) is 3.51. The molecule has 2 aliphatic heterocycles. The van der Waals surface area contributed by atoms with E-state index in [2.05, 4.69) is 44.2 Å². The second kappa shape index (κ2) is 19.8. The van der Waals surface area contributed by atoms with E-state index in [9.17, 15) is 19.8 Å². The van der Waals surface area contributed by atoms with Crippen LogP contribution in [0.5, 0.6) is 0 Å². The first-order chi connectivity index (χ1) is 33.2. The second-order valence-corrected chi connectivity index (χ2v) is 21.8. The van der Waals surface area contributed by atoms with Gasteiger partial charge in [0.1, 0.15) is 10.0 Å². The third kappa shape index (κ3) is 11.4. The highest BCUT2D eigenvalue weighted by Crippen LogP contribution is 2.39. The second-order valence-electron chi connectivity index (χ2n) is 21.0. The van der Waals surface area contributed by atoms with Crippen LogP contribution < -0.4 is 31.8 Å². The molecule has 2 saturated heterocycles. The number of anilines is 6. The van der Waals surface area contributed by atoms with Crippen LogP contribution in [0, 0.1) is 11.8 Å². The van der Waals surface area contributed by atoms with Crippen molar-refractivity contribution in [2.45, 2.75) is 129 Å². The van der Waals surface area contributed by atoms with Gasteiger partial charge in [0.15, 0.2) is 11.6 Å². The Balaban J connectivity index is 0.000000174. The Hall–Kier alpha value is -5.24. The van der Waals surface area contributed by atoms with Gasteiger partial charge in [-0.3, -0.25) is 18.3 Å². The summed E-state index contributed by atoms with van der Waals surface area (Å²) in [5.74, 6) is 3.55. The number of nitrogens with zero attached hydrogens (tertiary/aromatic N) is 10. The summed E-state index contributed by atoms with van der Waals surface area (Å²) in [5, 5.41) is 27.8. The van der Waals surface area contributed by atoms with Gasteiger partial charge < -0.3 is 40.1 Å². The number of rotatable bonds is 14. The van der Waals surface area contributed by atoms with Crippen LogP contribution >= 0.6 is 23.2 Å². The maximum absolute atomic E-state index is 12.8. The van der Waals surface area contributed by atoms with E-state index in [1.165, 1.54) is 25.7 Å². The molecule has 4 aromatic heterocycles. The molecule has 2 aromatic carbocycles. The largest absolute Gasteiger partial charge is 0.390 e. The van der Waals surface area contributed by atoms with Gasteiger partial charge in [0, 0.05) is 64.7 Å². The zero-order valence-corrected chi connectivity index (χ0v) is 42.8. The van der Waals surface area contributed by atoms with E-state index >= 15 is 0 Å². The van der Waals surface area contributed by atoms with Gasteiger partial charge in [0.2, 0.25) is 11.9 Å². The van der Waals surface area contributed by atoms with E-state index < -0.39 is 11.2 Å². The molecule has 0 unspecified atom stereocenters. The highest BCUT2D eigenvalue weighted by atomic mass is 35.5. The number of hydrogen-bond acceptors (Lipinski definition) is 14. The fraction of sp³-hybridized carbons (Fsp3) is 0.560. The third-order valence-electron chi connectivity index (χ3n) is 13.6. The van der Waals surface area contributed by atoms with Crippen LogP contribution in [-0.4, -0.2) is 110 Å². The molecule has 0 spiro atoms. The summed E-state index contributed by atoms with van der Waals surface area (Å²) >= 11 is 12.9. The number of aliphatic hydroxyl groups is 2. The zero-order chi connectivity index (χ0) is 49.8. The normalized spacial score (nSPS) is 21.0. The van der Waals surface area contributed by atoms with Crippen LogP contribution in [0.2, 0.25) is 10.0 Å². The van der Waals surface area contributed by atoms with Gasteiger partial charge in [0.05, 0.1) is 70.1 Å². The first kappa shape index (κ1) is 49.7. The van der Waals surface area contributed by atoms with Crippen LogP contribution in [0.15, 0.2) is 58.4 Å². The molecule has 20 heteroatoms. The molecule has 6 aromatic rings. The van der Waals surface area contributed by atoms with Gasteiger partial charge in [0.25, 0.3) is 0 Å². The lowest BCUT2D eigenvalue weighted by atomic mass is 10.1. The first-order valence-corrected chi connectivity index (χ1v) is 25.2. The molecular formula is C50H66Cl2N12O6. The molecule has 4 atom stereocenters. The van der Waals surface area contributed by atoms with Crippen molar-refractivity contribution in [3.8, 4) is 0 Å². The van der Waals surface area contributed by atoms with Crippen molar-refractivity contribution in [1.82, 2.24) is 38.2 Å². The molecule has 4 fully saturated rings. The number of morpholine rings is 2. The van der Waals surface area contributed by atoms with Crippen LogP contribution in [-0.2, 0) is 36.7 Å². The summed E-state index contributed by atoms with van der Waals surface area (Å²) in [4.78, 5) is 48.5. The molecule has 4 aliphatic rings. The van der Waals surface area contributed by atoms with Crippen molar-refractivity contribution >= 4 is 80.2 Å². The minimum atomic E-state index is -0.863. The number of benzene rings is 2. The van der Waals surface area contributed by atoms with Crippen LogP contribution in [0.3, 0.4) is 0 Å². The van der Waals surface area contributed by atoms with Crippen molar-refractivity contribution < 1.29 is 19.7 Å².